The third kappa shape index (κ3) is 12.5. The van der Waals surface area contributed by atoms with Gasteiger partial charge < -0.3 is 33.2 Å². The Kier molecular flexibility index (Phi) is 17.7. The summed E-state index contributed by atoms with van der Waals surface area (Å²) >= 11 is 3.40. The van der Waals surface area contributed by atoms with E-state index < -0.39 is 0 Å². The molecule has 0 aliphatic carbocycles. The van der Waals surface area contributed by atoms with Crippen LogP contribution in [0.15, 0.2) is 35.3 Å². The van der Waals surface area contributed by atoms with Crippen LogP contribution in [0.4, 0.5) is 0 Å². The third-order valence-electron chi connectivity index (χ3n) is 10.1. The largest absolute Gasteiger partial charge is 0.490 e. The summed E-state index contributed by atoms with van der Waals surface area (Å²) in [5.74, 6) is 4.03. The summed E-state index contributed by atoms with van der Waals surface area (Å²) in [5.41, 5.74) is 8.06. The minimum Gasteiger partial charge on any atom is -0.490 e. The zero-order valence-corrected chi connectivity index (χ0v) is 35.5. The predicted octanol–water partition coefficient (Wildman–Crippen LogP) is 11.8. The van der Waals surface area contributed by atoms with E-state index in [1.165, 1.54) is 35.4 Å². The van der Waals surface area contributed by atoms with Crippen molar-refractivity contribution in [1.29, 1.82) is 0 Å². The highest BCUT2D eigenvalue weighted by Gasteiger charge is 2.31. The number of nitrogens with zero attached hydrogens (tertiary/aromatic N) is 2. The van der Waals surface area contributed by atoms with E-state index in [0.29, 0.717) is 60.9 Å². The summed E-state index contributed by atoms with van der Waals surface area (Å²) in [6, 6.07) is 8.31. The molecule has 2 aromatic carbocycles. The molecular weight excluding hydrogens is 733 g/mol. The first-order valence-electron chi connectivity index (χ1n) is 20.3. The van der Waals surface area contributed by atoms with Crippen LogP contribution in [0.1, 0.15) is 135 Å². The number of aromatic nitrogens is 2. The van der Waals surface area contributed by atoms with Crippen molar-refractivity contribution in [3.63, 3.8) is 0 Å². The Labute approximate surface area is 337 Å². The monoisotopic (exact) mass is 794 g/mol. The summed E-state index contributed by atoms with van der Waals surface area (Å²) in [6.45, 7) is 10.9. The van der Waals surface area contributed by atoms with Gasteiger partial charge in [-0.2, -0.15) is 0 Å². The molecule has 1 aliphatic rings. The Morgan fingerprint density at radius 2 is 0.945 bits per heavy atom. The number of thiazole rings is 2. The topological polar surface area (TPSA) is 90.4 Å². The van der Waals surface area contributed by atoms with Gasteiger partial charge >= 0.3 is 0 Å². The number of unbranched alkanes of at least 4 members (excludes halogenated alkanes) is 6. The van der Waals surface area contributed by atoms with Gasteiger partial charge in [-0.15, -0.1) is 22.7 Å². The Balaban J connectivity index is 1.34. The third-order valence-corrected chi connectivity index (χ3v) is 12.1. The molecule has 0 unspecified atom stereocenters. The summed E-state index contributed by atoms with van der Waals surface area (Å²) in [5, 5.41) is 0. The standard InChI is InChI=1S/C44H62N2O7S2/c1-7-9-11-13-21-49-37-25-33(27-39(43(37)47-5)51-23-15-17-41-31(3)45-29-54-41)35-19-20-36(53-35)34-26-38(50-22-14-12-10-8-2)44(48-6)40(28-34)52-24-16-18-42-32(4)46-30-55-42/h25-30,35-36H,7-24H2,1-6H3/t35-,36+. The molecule has 1 fully saturated rings. The van der Waals surface area contributed by atoms with Gasteiger partial charge in [0.15, 0.2) is 23.0 Å². The second-order valence-corrected chi connectivity index (χ2v) is 16.1. The van der Waals surface area contributed by atoms with Gasteiger partial charge in [-0.1, -0.05) is 52.4 Å². The highest BCUT2D eigenvalue weighted by atomic mass is 32.1. The first-order chi connectivity index (χ1) is 26.9. The van der Waals surface area contributed by atoms with Gasteiger partial charge in [0.05, 0.1) is 75.3 Å². The number of benzene rings is 2. The van der Waals surface area contributed by atoms with Gasteiger partial charge in [-0.25, -0.2) is 9.97 Å². The van der Waals surface area contributed by atoms with Crippen molar-refractivity contribution >= 4 is 22.7 Å². The smallest absolute Gasteiger partial charge is 0.203 e. The van der Waals surface area contributed by atoms with E-state index in [1.807, 2.05) is 11.0 Å². The molecule has 0 amide bonds. The molecule has 2 aromatic heterocycles. The quantitative estimate of drug-likeness (QED) is 0.0576. The zero-order chi connectivity index (χ0) is 38.8. The van der Waals surface area contributed by atoms with Crippen LogP contribution in [0.25, 0.3) is 0 Å². The van der Waals surface area contributed by atoms with Gasteiger partial charge in [0.25, 0.3) is 0 Å². The summed E-state index contributed by atoms with van der Waals surface area (Å²) in [4.78, 5) is 11.4. The van der Waals surface area contributed by atoms with E-state index in [4.69, 9.17) is 33.2 Å². The molecular formula is C44H62N2O7S2. The normalized spacial score (nSPS) is 15.3. The first-order valence-corrected chi connectivity index (χ1v) is 22.1. The molecule has 1 saturated heterocycles. The molecule has 55 heavy (non-hydrogen) atoms. The molecule has 9 nitrogen and oxygen atoms in total. The van der Waals surface area contributed by atoms with E-state index in [0.717, 1.165) is 86.7 Å². The lowest BCUT2D eigenvalue weighted by atomic mass is 10.0. The van der Waals surface area contributed by atoms with E-state index in [2.05, 4.69) is 61.9 Å². The number of ether oxygens (including phenoxy) is 7. The maximum Gasteiger partial charge on any atom is 0.203 e. The second-order valence-electron chi connectivity index (χ2n) is 14.2. The number of rotatable bonds is 26. The van der Waals surface area contributed by atoms with E-state index >= 15 is 0 Å². The molecule has 5 rings (SSSR count). The summed E-state index contributed by atoms with van der Waals surface area (Å²) in [6.07, 6.45) is 14.0. The maximum atomic E-state index is 6.88. The number of hydrogen-bond donors (Lipinski definition) is 0. The fourth-order valence-corrected chi connectivity index (χ4v) is 8.56. The molecule has 11 heteroatoms. The van der Waals surface area contributed by atoms with Crippen LogP contribution < -0.4 is 28.4 Å². The average Bonchev–Trinajstić information content (AvgIpc) is 3.96. The van der Waals surface area contributed by atoms with Crippen molar-refractivity contribution in [3.05, 3.63) is 67.6 Å². The van der Waals surface area contributed by atoms with E-state index in [-0.39, 0.29) is 12.2 Å². The van der Waals surface area contributed by atoms with Crippen molar-refractivity contribution < 1.29 is 33.2 Å². The van der Waals surface area contributed by atoms with E-state index in [1.54, 1.807) is 36.9 Å². The molecule has 0 spiro atoms. The molecule has 0 N–H and O–H groups in total. The molecule has 2 atom stereocenters. The van der Waals surface area contributed by atoms with Crippen LogP contribution in [0.5, 0.6) is 34.5 Å². The molecule has 0 saturated carbocycles. The van der Waals surface area contributed by atoms with Crippen LogP contribution in [0, 0.1) is 13.8 Å². The number of methoxy groups -OCH3 is 2. The van der Waals surface area contributed by atoms with Crippen LogP contribution in [0.3, 0.4) is 0 Å². The Morgan fingerprint density at radius 1 is 0.564 bits per heavy atom. The molecule has 3 heterocycles. The summed E-state index contributed by atoms with van der Waals surface area (Å²) in [7, 11) is 3.36. The van der Waals surface area contributed by atoms with Crippen LogP contribution in [-0.4, -0.2) is 50.6 Å². The molecule has 1 aliphatic heterocycles. The number of hydrogen-bond acceptors (Lipinski definition) is 11. The van der Waals surface area contributed by atoms with E-state index in [9.17, 15) is 0 Å². The van der Waals surface area contributed by atoms with Crippen molar-refractivity contribution in [2.24, 2.45) is 0 Å². The first kappa shape index (κ1) is 42.6. The fourth-order valence-electron chi connectivity index (χ4n) is 6.91. The lowest BCUT2D eigenvalue weighted by molar-refractivity contribution is 0.0433. The van der Waals surface area contributed by atoms with Gasteiger partial charge in [-0.3, -0.25) is 0 Å². The predicted molar refractivity (Wildman–Crippen MR) is 222 cm³/mol. The minimum atomic E-state index is -0.145. The Hall–Kier alpha value is -3.54. The van der Waals surface area contributed by atoms with Crippen LogP contribution >= 0.6 is 22.7 Å². The van der Waals surface area contributed by atoms with Crippen molar-refractivity contribution in [1.82, 2.24) is 9.97 Å². The second kappa shape index (κ2) is 22.9. The Morgan fingerprint density at radius 3 is 1.27 bits per heavy atom. The summed E-state index contributed by atoms with van der Waals surface area (Å²) < 4.78 is 44.3. The van der Waals surface area contributed by atoms with Crippen LogP contribution in [-0.2, 0) is 17.6 Å². The minimum absolute atomic E-state index is 0.145. The highest BCUT2D eigenvalue weighted by molar-refractivity contribution is 7.10. The zero-order valence-electron chi connectivity index (χ0n) is 33.9. The van der Waals surface area contributed by atoms with Crippen molar-refractivity contribution in [2.45, 2.75) is 130 Å². The molecule has 0 radical (unpaired) electrons. The lowest BCUT2D eigenvalue weighted by Gasteiger charge is -2.21. The molecule has 0 bridgehead atoms. The highest BCUT2D eigenvalue weighted by Crippen LogP contribution is 2.49. The fraction of sp³-hybridized carbons (Fsp3) is 0.591. The van der Waals surface area contributed by atoms with Gasteiger partial charge in [0.1, 0.15) is 0 Å². The number of aryl methyl sites for hydroxylation is 4. The SMILES string of the molecule is CCCCCCOc1cc([C@@H]2CC[C@H](c3cc(OCCCCCC)c(OC)c(OCCCc4scnc4C)c3)O2)cc(OCCCc2scnc2C)c1OC. The Bertz CT molecular complexity index is 1600. The molecule has 4 aromatic rings. The average molecular weight is 795 g/mol. The lowest BCUT2D eigenvalue weighted by Crippen LogP contribution is -2.08. The van der Waals surface area contributed by atoms with Crippen LogP contribution in [0.2, 0.25) is 0 Å². The van der Waals surface area contributed by atoms with Crippen molar-refractivity contribution in [2.75, 3.05) is 40.6 Å². The van der Waals surface area contributed by atoms with Gasteiger partial charge in [0.2, 0.25) is 11.5 Å². The maximum absolute atomic E-state index is 6.88. The van der Waals surface area contributed by atoms with Gasteiger partial charge in [0, 0.05) is 9.75 Å². The molecule has 302 valence electrons. The van der Waals surface area contributed by atoms with Gasteiger partial charge in [-0.05, 0) is 101 Å². The van der Waals surface area contributed by atoms with Crippen molar-refractivity contribution in [3.8, 4) is 34.5 Å².